The Balaban J connectivity index is 1.20. The molecular formula is C28H23FN4O5S2. The number of esters is 1. The molecular weight excluding hydrogens is 555 g/mol. The molecule has 0 aliphatic carbocycles. The van der Waals surface area contributed by atoms with E-state index in [1.165, 1.54) is 34.8 Å². The summed E-state index contributed by atoms with van der Waals surface area (Å²) in [5, 5.41) is 8.10. The van der Waals surface area contributed by atoms with Crippen LogP contribution in [0.25, 0.3) is 38.0 Å². The van der Waals surface area contributed by atoms with E-state index in [0.717, 1.165) is 10.6 Å². The molecule has 0 saturated carbocycles. The highest BCUT2D eigenvalue weighted by atomic mass is 32.1. The first kappa shape index (κ1) is 26.0. The summed E-state index contributed by atoms with van der Waals surface area (Å²) >= 11 is 2.75. The zero-order chi connectivity index (χ0) is 28.0. The molecule has 12 heteroatoms. The number of rotatable bonds is 7. The van der Waals surface area contributed by atoms with Crippen molar-refractivity contribution in [2.24, 2.45) is 0 Å². The minimum absolute atomic E-state index is 0.131. The van der Waals surface area contributed by atoms with Gasteiger partial charge in [0.25, 0.3) is 5.19 Å². The topological polar surface area (TPSA) is 101 Å². The van der Waals surface area contributed by atoms with Crippen molar-refractivity contribution in [1.29, 1.82) is 0 Å². The largest absolute Gasteiger partial charge is 0.486 e. The smallest absolute Gasteiger partial charge is 0.338 e. The van der Waals surface area contributed by atoms with Crippen LogP contribution in [0.15, 0.2) is 58.5 Å². The van der Waals surface area contributed by atoms with Gasteiger partial charge >= 0.3 is 5.97 Å². The van der Waals surface area contributed by atoms with E-state index in [-0.39, 0.29) is 12.6 Å². The molecule has 0 saturated heterocycles. The van der Waals surface area contributed by atoms with Crippen molar-refractivity contribution in [3.63, 3.8) is 0 Å². The van der Waals surface area contributed by atoms with Gasteiger partial charge in [-0.2, -0.15) is 4.52 Å². The molecule has 0 unspecified atom stereocenters. The molecule has 0 radical (unpaired) electrons. The quantitative estimate of drug-likeness (QED) is 0.187. The molecule has 0 fully saturated rings. The molecule has 6 rings (SSSR count). The predicted octanol–water partition coefficient (Wildman–Crippen LogP) is 7.01. The number of carbonyl (C=O) groups excluding carboxylic acids is 1. The van der Waals surface area contributed by atoms with Crippen molar-refractivity contribution in [2.75, 3.05) is 7.11 Å². The van der Waals surface area contributed by atoms with Crippen molar-refractivity contribution < 1.29 is 27.8 Å². The maximum absolute atomic E-state index is 14.5. The van der Waals surface area contributed by atoms with E-state index in [1.54, 1.807) is 36.0 Å². The minimum Gasteiger partial charge on any atom is -0.486 e. The lowest BCUT2D eigenvalue weighted by Crippen LogP contribution is -2.23. The third-order valence-electron chi connectivity index (χ3n) is 5.75. The summed E-state index contributed by atoms with van der Waals surface area (Å²) in [6.07, 6.45) is 1.64. The van der Waals surface area contributed by atoms with Gasteiger partial charge in [0.05, 0.1) is 30.0 Å². The average molecular weight is 579 g/mol. The summed E-state index contributed by atoms with van der Waals surface area (Å²) in [6, 6.07) is 11.5. The van der Waals surface area contributed by atoms with Gasteiger partial charge in [0, 0.05) is 23.1 Å². The lowest BCUT2D eigenvalue weighted by molar-refractivity contribution is 0.00695. The van der Waals surface area contributed by atoms with Crippen molar-refractivity contribution >= 4 is 44.6 Å². The number of thiazole rings is 1. The van der Waals surface area contributed by atoms with Crippen LogP contribution >= 0.6 is 22.7 Å². The van der Waals surface area contributed by atoms with Crippen LogP contribution in [-0.2, 0) is 11.3 Å². The van der Waals surface area contributed by atoms with Crippen molar-refractivity contribution in [3.05, 3.63) is 71.1 Å². The molecule has 6 aromatic rings. The summed E-state index contributed by atoms with van der Waals surface area (Å²) in [5.41, 5.74) is 2.41. The molecule has 0 spiro atoms. The summed E-state index contributed by atoms with van der Waals surface area (Å²) in [7, 11) is 1.54. The van der Waals surface area contributed by atoms with Crippen molar-refractivity contribution in [1.82, 2.24) is 19.6 Å². The molecule has 4 aromatic heterocycles. The monoisotopic (exact) mass is 578 g/mol. The summed E-state index contributed by atoms with van der Waals surface area (Å²) in [4.78, 5) is 21.9. The number of halogens is 1. The van der Waals surface area contributed by atoms with Crippen LogP contribution in [0.3, 0.4) is 0 Å². The highest BCUT2D eigenvalue weighted by Gasteiger charge is 2.20. The number of hydrogen-bond acceptors (Lipinski definition) is 10. The second-order valence-corrected chi connectivity index (χ2v) is 11.6. The fourth-order valence-corrected chi connectivity index (χ4v) is 5.49. The summed E-state index contributed by atoms with van der Waals surface area (Å²) < 4.78 is 38.6. The number of hydrogen-bond donors (Lipinski definition) is 0. The Bertz CT molecular complexity index is 1850. The molecule has 9 nitrogen and oxygen atoms in total. The lowest BCUT2D eigenvalue weighted by Gasteiger charge is -2.19. The Morgan fingerprint density at radius 2 is 1.95 bits per heavy atom. The molecule has 40 heavy (non-hydrogen) atoms. The van der Waals surface area contributed by atoms with Gasteiger partial charge in [-0.05, 0) is 50.3 Å². The first-order valence-electron chi connectivity index (χ1n) is 12.2. The number of ether oxygens (including phenoxy) is 3. The van der Waals surface area contributed by atoms with E-state index in [2.05, 4.69) is 15.1 Å². The van der Waals surface area contributed by atoms with Gasteiger partial charge in [-0.1, -0.05) is 12.1 Å². The standard InChI is InChI=1S/C28H23FN4O5S2/c1-28(2,3)38-25(34)16-7-5-15(6-8-16)24-31-18(14-39-24)13-36-21-9-17(29)10-22-19(21)11-23(37-22)20-12-30-26-33(20)32-27(35-4)40-26/h5-12,14H,13H2,1-4H3. The van der Waals surface area contributed by atoms with Crippen LogP contribution in [0, 0.1) is 5.82 Å². The number of methoxy groups -OCH3 is 1. The molecule has 0 N–H and O–H groups in total. The Hall–Kier alpha value is -4.29. The Labute approximate surface area is 235 Å². The SMILES string of the molecule is COc1nn2c(-c3cc4c(OCc5csc(-c6ccc(C(=O)OC(C)(C)C)cc6)n5)cc(F)cc4o3)cnc2s1. The highest BCUT2D eigenvalue weighted by Crippen LogP contribution is 2.36. The van der Waals surface area contributed by atoms with Crippen LogP contribution in [0.4, 0.5) is 4.39 Å². The summed E-state index contributed by atoms with van der Waals surface area (Å²) in [5.74, 6) is -0.0594. The Morgan fingerprint density at radius 1 is 1.15 bits per heavy atom. The van der Waals surface area contributed by atoms with Crippen molar-refractivity contribution in [3.8, 4) is 33.0 Å². The maximum atomic E-state index is 14.5. The molecule has 4 heterocycles. The van der Waals surface area contributed by atoms with Crippen molar-refractivity contribution in [2.45, 2.75) is 33.0 Å². The molecule has 0 atom stereocenters. The third-order valence-corrected chi connectivity index (χ3v) is 7.58. The number of nitrogens with zero attached hydrogens (tertiary/aromatic N) is 4. The third kappa shape index (κ3) is 5.15. The minimum atomic E-state index is -0.563. The number of imidazole rings is 1. The molecule has 2 aromatic carbocycles. The normalized spacial score (nSPS) is 11.8. The van der Waals surface area contributed by atoms with Crippen LogP contribution in [0.5, 0.6) is 10.9 Å². The maximum Gasteiger partial charge on any atom is 0.338 e. The fourth-order valence-electron chi connectivity index (χ4n) is 3.99. The zero-order valence-electron chi connectivity index (χ0n) is 21.9. The lowest BCUT2D eigenvalue weighted by atomic mass is 10.1. The van der Waals surface area contributed by atoms with Gasteiger partial charge in [0.15, 0.2) is 5.76 Å². The molecule has 0 aliphatic rings. The van der Waals surface area contributed by atoms with E-state index >= 15 is 0 Å². The predicted molar refractivity (Wildman–Crippen MR) is 150 cm³/mol. The van der Waals surface area contributed by atoms with Gasteiger partial charge in [-0.25, -0.2) is 19.2 Å². The number of fused-ring (bicyclic) bond motifs is 2. The average Bonchev–Trinajstić information content (AvgIpc) is 3.69. The van der Waals surface area contributed by atoms with Crippen LogP contribution in [0.2, 0.25) is 0 Å². The number of furan rings is 1. The van der Waals surface area contributed by atoms with Crippen LogP contribution in [-0.4, -0.2) is 38.3 Å². The molecule has 0 aliphatic heterocycles. The van der Waals surface area contributed by atoms with Crippen LogP contribution < -0.4 is 9.47 Å². The van der Waals surface area contributed by atoms with Gasteiger partial charge in [0.2, 0.25) is 4.96 Å². The fraction of sp³-hybridized carbons (Fsp3) is 0.214. The second kappa shape index (κ2) is 10.0. The number of carbonyl (C=O) groups is 1. The molecule has 0 bridgehead atoms. The van der Waals surface area contributed by atoms with Gasteiger partial charge in [0.1, 0.15) is 40.1 Å². The van der Waals surface area contributed by atoms with E-state index < -0.39 is 11.4 Å². The van der Waals surface area contributed by atoms with E-state index in [9.17, 15) is 9.18 Å². The first-order chi connectivity index (χ1) is 19.2. The van der Waals surface area contributed by atoms with E-state index in [1.807, 2.05) is 38.3 Å². The second-order valence-electron chi connectivity index (χ2n) is 9.85. The number of benzene rings is 2. The van der Waals surface area contributed by atoms with Gasteiger partial charge in [-0.15, -0.1) is 16.4 Å². The summed E-state index contributed by atoms with van der Waals surface area (Å²) in [6.45, 7) is 5.62. The van der Waals surface area contributed by atoms with E-state index in [0.29, 0.717) is 49.6 Å². The van der Waals surface area contributed by atoms with E-state index in [4.69, 9.17) is 18.6 Å². The zero-order valence-corrected chi connectivity index (χ0v) is 23.6. The molecule has 0 amide bonds. The number of aromatic nitrogens is 4. The molecule has 204 valence electrons. The van der Waals surface area contributed by atoms with Gasteiger partial charge < -0.3 is 18.6 Å². The Morgan fingerprint density at radius 3 is 2.70 bits per heavy atom. The van der Waals surface area contributed by atoms with Gasteiger partial charge in [-0.3, -0.25) is 0 Å². The Kier molecular flexibility index (Phi) is 6.51. The van der Waals surface area contributed by atoms with Crippen LogP contribution in [0.1, 0.15) is 36.8 Å². The highest BCUT2D eigenvalue weighted by molar-refractivity contribution is 7.18. The first-order valence-corrected chi connectivity index (χ1v) is 13.9.